The Kier molecular flexibility index (Phi) is 4.03. The van der Waals surface area contributed by atoms with Crippen LogP contribution in [-0.2, 0) is 4.79 Å². The maximum atomic E-state index is 11.6. The van der Waals surface area contributed by atoms with Gasteiger partial charge in [0.1, 0.15) is 5.78 Å². The van der Waals surface area contributed by atoms with Crippen molar-refractivity contribution < 1.29 is 4.79 Å². The third-order valence-corrected chi connectivity index (χ3v) is 5.41. The van der Waals surface area contributed by atoms with Crippen LogP contribution in [0.5, 0.6) is 0 Å². The first-order chi connectivity index (χ1) is 9.70. The third kappa shape index (κ3) is 3.19. The highest BCUT2D eigenvalue weighted by atomic mass is 32.2. The Labute approximate surface area is 126 Å². The van der Waals surface area contributed by atoms with E-state index in [1.807, 2.05) is 12.1 Å². The van der Waals surface area contributed by atoms with E-state index in [0.717, 1.165) is 28.0 Å². The van der Waals surface area contributed by atoms with Crippen molar-refractivity contribution >= 4 is 39.7 Å². The molecule has 0 radical (unpaired) electrons. The van der Waals surface area contributed by atoms with E-state index in [9.17, 15) is 4.79 Å². The molecule has 1 fully saturated rings. The summed E-state index contributed by atoms with van der Waals surface area (Å²) >= 11 is 3.05. The maximum absolute atomic E-state index is 11.6. The van der Waals surface area contributed by atoms with Crippen LogP contribution in [0.1, 0.15) is 24.8 Å². The first-order valence-electron chi connectivity index (χ1n) is 6.57. The predicted molar refractivity (Wildman–Crippen MR) is 82.9 cm³/mol. The standard InChI is InChI=1S/C14H15N3OS2/c1-9-4-2-5-10(8-9)15-13-16-17-14(20-13)19-12-7-3-6-11(12)18/h2,4-5,8,12H,3,6-7H2,1H3,(H,15,16)/t12-/m0/s1. The summed E-state index contributed by atoms with van der Waals surface area (Å²) in [7, 11) is 0. The second-order valence-corrected chi connectivity index (χ2v) is 7.26. The van der Waals surface area contributed by atoms with Crippen LogP contribution < -0.4 is 5.32 Å². The van der Waals surface area contributed by atoms with Crippen LogP contribution in [0.3, 0.4) is 0 Å². The Bertz CT molecular complexity index is 626. The smallest absolute Gasteiger partial charge is 0.210 e. The van der Waals surface area contributed by atoms with E-state index in [2.05, 4.69) is 34.6 Å². The molecule has 1 aliphatic rings. The summed E-state index contributed by atoms with van der Waals surface area (Å²) in [4.78, 5) is 11.6. The second-order valence-electron chi connectivity index (χ2n) is 4.83. The van der Waals surface area contributed by atoms with Crippen molar-refractivity contribution in [1.82, 2.24) is 10.2 Å². The van der Waals surface area contributed by atoms with Gasteiger partial charge in [0.2, 0.25) is 5.13 Å². The van der Waals surface area contributed by atoms with E-state index >= 15 is 0 Å². The fraction of sp³-hybridized carbons (Fsp3) is 0.357. The minimum atomic E-state index is 0.0785. The Morgan fingerprint density at radius 3 is 3.05 bits per heavy atom. The minimum Gasteiger partial charge on any atom is -0.330 e. The van der Waals surface area contributed by atoms with Crippen LogP contribution in [0.25, 0.3) is 0 Å². The topological polar surface area (TPSA) is 54.9 Å². The molecule has 3 rings (SSSR count). The lowest BCUT2D eigenvalue weighted by atomic mass is 10.2. The molecule has 0 saturated heterocycles. The number of aryl methyl sites for hydroxylation is 1. The van der Waals surface area contributed by atoms with Gasteiger partial charge in [-0.15, -0.1) is 10.2 Å². The zero-order valence-corrected chi connectivity index (χ0v) is 12.8. The molecule has 1 atom stereocenters. The number of thioether (sulfide) groups is 1. The van der Waals surface area contributed by atoms with E-state index in [1.165, 1.54) is 16.9 Å². The minimum absolute atomic E-state index is 0.0785. The van der Waals surface area contributed by atoms with E-state index in [-0.39, 0.29) is 5.25 Å². The van der Waals surface area contributed by atoms with Crippen LogP contribution in [0.15, 0.2) is 28.6 Å². The lowest BCUT2D eigenvalue weighted by Crippen LogP contribution is -2.07. The third-order valence-electron chi connectivity index (χ3n) is 3.17. The van der Waals surface area contributed by atoms with Crippen molar-refractivity contribution in [3.05, 3.63) is 29.8 Å². The number of benzene rings is 1. The average molecular weight is 305 g/mol. The molecule has 0 unspecified atom stereocenters. The van der Waals surface area contributed by atoms with Crippen LogP contribution in [0.2, 0.25) is 0 Å². The van der Waals surface area contributed by atoms with Crippen molar-refractivity contribution in [1.29, 1.82) is 0 Å². The molecule has 104 valence electrons. The lowest BCUT2D eigenvalue weighted by molar-refractivity contribution is -0.116. The largest absolute Gasteiger partial charge is 0.330 e. The molecule has 1 N–H and O–H groups in total. The second kappa shape index (κ2) is 5.93. The normalized spacial score (nSPS) is 18.4. The number of rotatable bonds is 4. The number of hydrogen-bond acceptors (Lipinski definition) is 6. The number of ketones is 1. The number of carbonyl (C=O) groups excluding carboxylic acids is 1. The highest BCUT2D eigenvalue weighted by molar-refractivity contribution is 8.02. The first kappa shape index (κ1) is 13.6. The number of aromatic nitrogens is 2. The molecule has 0 aliphatic heterocycles. The molecule has 1 saturated carbocycles. The molecule has 1 aromatic heterocycles. The Balaban J connectivity index is 1.66. The van der Waals surface area contributed by atoms with Gasteiger partial charge in [0.05, 0.1) is 5.25 Å². The quantitative estimate of drug-likeness (QED) is 0.931. The van der Waals surface area contributed by atoms with Gasteiger partial charge in [0, 0.05) is 12.1 Å². The Morgan fingerprint density at radius 1 is 1.40 bits per heavy atom. The van der Waals surface area contributed by atoms with Crippen LogP contribution in [0, 0.1) is 6.92 Å². The average Bonchev–Trinajstić information content (AvgIpc) is 3.01. The van der Waals surface area contributed by atoms with Gasteiger partial charge in [-0.3, -0.25) is 4.79 Å². The predicted octanol–water partition coefficient (Wildman–Crippen LogP) is 3.80. The van der Waals surface area contributed by atoms with Crippen LogP contribution >= 0.6 is 23.1 Å². The van der Waals surface area contributed by atoms with Gasteiger partial charge in [0.25, 0.3) is 0 Å². The summed E-state index contributed by atoms with van der Waals surface area (Å²) in [5.41, 5.74) is 2.21. The number of Topliss-reactive ketones (excluding diaryl/α,β-unsaturated/α-hetero) is 1. The number of nitrogens with zero attached hydrogens (tertiary/aromatic N) is 2. The van der Waals surface area contributed by atoms with Crippen molar-refractivity contribution in [2.24, 2.45) is 0 Å². The molecular weight excluding hydrogens is 290 g/mol. The van der Waals surface area contributed by atoms with Crippen molar-refractivity contribution in [2.75, 3.05) is 5.32 Å². The summed E-state index contributed by atoms with van der Waals surface area (Å²) in [6, 6.07) is 8.13. The van der Waals surface area contributed by atoms with Gasteiger partial charge in [-0.05, 0) is 37.5 Å². The SMILES string of the molecule is Cc1cccc(Nc2nnc(S[C@H]3CCCC3=O)s2)c1. The van der Waals surface area contributed by atoms with Crippen molar-refractivity contribution in [2.45, 2.75) is 35.8 Å². The summed E-state index contributed by atoms with van der Waals surface area (Å²) in [6.07, 6.45) is 2.68. The Hall–Kier alpha value is -1.40. The van der Waals surface area contributed by atoms with Crippen LogP contribution in [0.4, 0.5) is 10.8 Å². The van der Waals surface area contributed by atoms with E-state index in [0.29, 0.717) is 12.2 Å². The Morgan fingerprint density at radius 2 is 2.30 bits per heavy atom. The molecule has 0 amide bonds. The zero-order valence-electron chi connectivity index (χ0n) is 11.1. The fourth-order valence-corrected chi connectivity index (χ4v) is 4.32. The number of nitrogens with one attached hydrogen (secondary N) is 1. The molecular formula is C14H15N3OS2. The van der Waals surface area contributed by atoms with Crippen molar-refractivity contribution in [3.63, 3.8) is 0 Å². The molecule has 20 heavy (non-hydrogen) atoms. The van der Waals surface area contributed by atoms with Gasteiger partial charge < -0.3 is 5.32 Å². The summed E-state index contributed by atoms with van der Waals surface area (Å²) in [5.74, 6) is 0.346. The lowest BCUT2D eigenvalue weighted by Gasteiger charge is -2.03. The van der Waals surface area contributed by atoms with E-state index < -0.39 is 0 Å². The van der Waals surface area contributed by atoms with E-state index in [4.69, 9.17) is 0 Å². The molecule has 0 spiro atoms. The van der Waals surface area contributed by atoms with E-state index in [1.54, 1.807) is 11.8 Å². The zero-order chi connectivity index (χ0) is 13.9. The molecule has 4 nitrogen and oxygen atoms in total. The molecule has 6 heteroatoms. The monoisotopic (exact) mass is 305 g/mol. The maximum Gasteiger partial charge on any atom is 0.210 e. The van der Waals surface area contributed by atoms with Gasteiger partial charge in [-0.2, -0.15) is 0 Å². The number of carbonyl (C=O) groups is 1. The molecule has 0 bridgehead atoms. The summed E-state index contributed by atoms with van der Waals surface area (Å²) < 4.78 is 0.861. The molecule has 1 heterocycles. The van der Waals surface area contributed by atoms with Crippen LogP contribution in [-0.4, -0.2) is 21.2 Å². The summed E-state index contributed by atoms with van der Waals surface area (Å²) in [5, 5.41) is 12.4. The van der Waals surface area contributed by atoms with Crippen molar-refractivity contribution in [3.8, 4) is 0 Å². The summed E-state index contributed by atoms with van der Waals surface area (Å²) in [6.45, 7) is 2.05. The molecule has 2 aromatic rings. The van der Waals surface area contributed by atoms with Gasteiger partial charge in [0.15, 0.2) is 4.34 Å². The molecule has 1 aliphatic carbocycles. The highest BCUT2D eigenvalue weighted by Crippen LogP contribution is 2.35. The molecule has 1 aromatic carbocycles. The van der Waals surface area contributed by atoms with Gasteiger partial charge >= 0.3 is 0 Å². The first-order valence-corrected chi connectivity index (χ1v) is 8.27. The highest BCUT2D eigenvalue weighted by Gasteiger charge is 2.26. The fourth-order valence-electron chi connectivity index (χ4n) is 2.18. The van der Waals surface area contributed by atoms with Gasteiger partial charge in [-0.25, -0.2) is 0 Å². The number of hydrogen-bond donors (Lipinski definition) is 1. The number of anilines is 2. The van der Waals surface area contributed by atoms with Gasteiger partial charge in [-0.1, -0.05) is 35.2 Å².